The maximum Gasteiger partial charge on any atom is 0.337 e. The lowest BCUT2D eigenvalue weighted by atomic mass is 10.1. The molecule has 0 saturated heterocycles. The number of carbonyl (C=O) groups is 1. The summed E-state index contributed by atoms with van der Waals surface area (Å²) in [5.74, 6) is -1.92. The predicted octanol–water partition coefficient (Wildman–Crippen LogP) is 3.51. The third kappa shape index (κ3) is 2.70. The largest absolute Gasteiger partial charge is 0.478 e. The zero-order valence-electron chi connectivity index (χ0n) is 8.27. The summed E-state index contributed by atoms with van der Waals surface area (Å²) in [5.41, 5.74) is 0.283. The fourth-order valence-corrected chi connectivity index (χ4v) is 1.20. The Morgan fingerprint density at radius 1 is 1.43 bits per heavy atom. The van der Waals surface area contributed by atoms with Gasteiger partial charge in [-0.25, -0.2) is 9.18 Å². The van der Waals surface area contributed by atoms with Gasteiger partial charge in [-0.15, -0.1) is 0 Å². The van der Waals surface area contributed by atoms with Crippen LogP contribution in [0.2, 0.25) is 5.02 Å². The summed E-state index contributed by atoms with van der Waals surface area (Å²) in [6, 6.07) is 2.52. The lowest BCUT2D eigenvalue weighted by Crippen LogP contribution is -2.02. The molecule has 0 saturated carbocycles. The van der Waals surface area contributed by atoms with Crippen molar-refractivity contribution in [1.82, 2.24) is 0 Å². The summed E-state index contributed by atoms with van der Waals surface area (Å²) in [4.78, 5) is 10.5. The van der Waals surface area contributed by atoms with Gasteiger partial charge in [0.25, 0.3) is 0 Å². The summed E-state index contributed by atoms with van der Waals surface area (Å²) in [5, 5.41) is 8.29. The molecule has 1 N–H and O–H groups in total. The van der Waals surface area contributed by atoms with Crippen molar-refractivity contribution < 1.29 is 14.3 Å². The Morgan fingerprint density at radius 2 is 1.93 bits per heavy atom. The second-order valence-electron chi connectivity index (χ2n) is 2.36. The van der Waals surface area contributed by atoms with E-state index in [2.05, 4.69) is 0 Å². The van der Waals surface area contributed by atoms with E-state index < -0.39 is 11.8 Å². The molecule has 0 bridgehead atoms. The molecule has 14 heavy (non-hydrogen) atoms. The monoisotopic (exact) mass is 218 g/mol. The second kappa shape index (κ2) is 5.60. The van der Waals surface area contributed by atoms with Crippen LogP contribution in [0.1, 0.15) is 29.8 Å². The van der Waals surface area contributed by atoms with Crippen LogP contribution in [0.15, 0.2) is 12.1 Å². The van der Waals surface area contributed by atoms with E-state index in [1.807, 2.05) is 13.8 Å². The highest BCUT2D eigenvalue weighted by Gasteiger charge is 2.14. The molecule has 0 aliphatic rings. The molecule has 0 aliphatic heterocycles. The van der Waals surface area contributed by atoms with E-state index in [0.717, 1.165) is 6.07 Å². The predicted molar refractivity (Wildman–Crippen MR) is 54.5 cm³/mol. The van der Waals surface area contributed by atoms with Crippen molar-refractivity contribution in [3.63, 3.8) is 0 Å². The van der Waals surface area contributed by atoms with E-state index in [9.17, 15) is 9.18 Å². The molecule has 2 nitrogen and oxygen atoms in total. The molecule has 0 unspecified atom stereocenters. The molecule has 0 fully saturated rings. The molecule has 1 rings (SSSR count). The number of halogens is 2. The number of aromatic carboxylic acids is 1. The van der Waals surface area contributed by atoms with Crippen molar-refractivity contribution in [3.05, 3.63) is 34.1 Å². The zero-order valence-corrected chi connectivity index (χ0v) is 9.02. The van der Waals surface area contributed by atoms with Crippen molar-refractivity contribution in [3.8, 4) is 0 Å². The normalized spacial score (nSPS) is 8.93. The molecule has 4 heteroatoms. The minimum Gasteiger partial charge on any atom is -0.478 e. The van der Waals surface area contributed by atoms with Gasteiger partial charge in [0.05, 0.1) is 10.6 Å². The number of aryl methyl sites for hydroxylation is 1. The quantitative estimate of drug-likeness (QED) is 0.783. The van der Waals surface area contributed by atoms with Crippen LogP contribution in [0.3, 0.4) is 0 Å². The van der Waals surface area contributed by atoms with Crippen molar-refractivity contribution >= 4 is 17.6 Å². The molecule has 0 amide bonds. The summed E-state index contributed by atoms with van der Waals surface area (Å²) >= 11 is 5.44. The van der Waals surface area contributed by atoms with Crippen LogP contribution in [0.5, 0.6) is 0 Å². The fourth-order valence-electron chi connectivity index (χ4n) is 0.910. The van der Waals surface area contributed by atoms with Crippen LogP contribution < -0.4 is 0 Å². The average Bonchev–Trinajstić information content (AvgIpc) is 2.15. The molecule has 78 valence electrons. The van der Waals surface area contributed by atoms with E-state index in [-0.39, 0.29) is 10.6 Å². The maximum absolute atomic E-state index is 12.7. The molecule has 0 aromatic heterocycles. The third-order valence-corrected chi connectivity index (χ3v) is 1.89. The van der Waals surface area contributed by atoms with Gasteiger partial charge in [0, 0.05) is 0 Å². The van der Waals surface area contributed by atoms with E-state index >= 15 is 0 Å². The van der Waals surface area contributed by atoms with Gasteiger partial charge in [0.15, 0.2) is 0 Å². The Hall–Kier alpha value is -1.09. The van der Waals surface area contributed by atoms with Gasteiger partial charge in [0.2, 0.25) is 0 Å². The van der Waals surface area contributed by atoms with E-state index in [4.69, 9.17) is 16.7 Å². The van der Waals surface area contributed by atoms with Crippen LogP contribution in [0, 0.1) is 12.7 Å². The van der Waals surface area contributed by atoms with E-state index in [1.54, 1.807) is 6.92 Å². The SMILES string of the molecule is CC.Cc1ccc(F)c(Cl)c1C(=O)O. The molecular weight excluding hydrogens is 207 g/mol. The molecule has 0 atom stereocenters. The summed E-state index contributed by atoms with van der Waals surface area (Å²) in [7, 11) is 0. The smallest absolute Gasteiger partial charge is 0.337 e. The Balaban J connectivity index is 0.000000791. The molecule has 1 aromatic carbocycles. The molecule has 1 aromatic rings. The number of hydrogen-bond donors (Lipinski definition) is 1. The molecule has 0 heterocycles. The van der Waals surface area contributed by atoms with Gasteiger partial charge in [-0.2, -0.15) is 0 Å². The lowest BCUT2D eigenvalue weighted by Gasteiger charge is -2.02. The topological polar surface area (TPSA) is 37.3 Å². The van der Waals surface area contributed by atoms with Gasteiger partial charge in [-0.3, -0.25) is 0 Å². The first-order valence-corrected chi connectivity index (χ1v) is 4.59. The highest BCUT2D eigenvalue weighted by atomic mass is 35.5. The van der Waals surface area contributed by atoms with E-state index in [0.29, 0.717) is 5.56 Å². The number of carboxylic acid groups (broad SMARTS) is 1. The van der Waals surface area contributed by atoms with Crippen LogP contribution in [0.25, 0.3) is 0 Å². The number of hydrogen-bond acceptors (Lipinski definition) is 1. The Kier molecular flexibility index (Phi) is 5.16. The molecular formula is C10H12ClFO2. The van der Waals surface area contributed by atoms with Gasteiger partial charge in [0.1, 0.15) is 5.82 Å². The Morgan fingerprint density at radius 3 is 2.29 bits per heavy atom. The highest BCUT2D eigenvalue weighted by Crippen LogP contribution is 2.22. The standard InChI is InChI=1S/C8H6ClFO2.C2H6/c1-4-2-3-5(10)7(9)6(4)8(11)12;1-2/h2-3H,1H3,(H,11,12);1-2H3. The number of benzene rings is 1. The Bertz CT molecular complexity index is 337. The highest BCUT2D eigenvalue weighted by molar-refractivity contribution is 6.33. The van der Waals surface area contributed by atoms with Gasteiger partial charge < -0.3 is 5.11 Å². The zero-order chi connectivity index (χ0) is 11.3. The van der Waals surface area contributed by atoms with Crippen LogP contribution >= 0.6 is 11.6 Å². The first-order chi connectivity index (χ1) is 6.54. The van der Waals surface area contributed by atoms with Crippen molar-refractivity contribution in [2.45, 2.75) is 20.8 Å². The summed E-state index contributed by atoms with van der Waals surface area (Å²) < 4.78 is 12.7. The van der Waals surface area contributed by atoms with Gasteiger partial charge in [-0.05, 0) is 18.6 Å². The average molecular weight is 219 g/mol. The van der Waals surface area contributed by atoms with Crippen LogP contribution in [0.4, 0.5) is 4.39 Å². The first-order valence-electron chi connectivity index (χ1n) is 4.22. The van der Waals surface area contributed by atoms with Crippen molar-refractivity contribution in [2.75, 3.05) is 0 Å². The van der Waals surface area contributed by atoms with Crippen LogP contribution in [-0.4, -0.2) is 11.1 Å². The van der Waals surface area contributed by atoms with Gasteiger partial charge in [-0.1, -0.05) is 31.5 Å². The number of carboxylic acids is 1. The molecule has 0 aliphatic carbocycles. The minimum atomic E-state index is -1.21. The van der Waals surface area contributed by atoms with Gasteiger partial charge >= 0.3 is 5.97 Å². The summed E-state index contributed by atoms with van der Waals surface area (Å²) in [6.07, 6.45) is 0. The Labute approximate surface area is 87.3 Å². The second-order valence-corrected chi connectivity index (χ2v) is 2.74. The van der Waals surface area contributed by atoms with Crippen molar-refractivity contribution in [1.29, 1.82) is 0 Å². The molecule has 0 spiro atoms. The van der Waals surface area contributed by atoms with E-state index in [1.165, 1.54) is 6.07 Å². The molecule has 0 radical (unpaired) electrons. The first kappa shape index (κ1) is 12.9. The summed E-state index contributed by atoms with van der Waals surface area (Å²) in [6.45, 7) is 5.56. The number of rotatable bonds is 1. The fraction of sp³-hybridized carbons (Fsp3) is 0.300. The third-order valence-electron chi connectivity index (χ3n) is 1.52. The van der Waals surface area contributed by atoms with Crippen molar-refractivity contribution in [2.24, 2.45) is 0 Å². The lowest BCUT2D eigenvalue weighted by molar-refractivity contribution is 0.0696. The maximum atomic E-state index is 12.7. The minimum absolute atomic E-state index is 0.170. The van der Waals surface area contributed by atoms with Crippen LogP contribution in [-0.2, 0) is 0 Å².